The predicted octanol–water partition coefficient (Wildman–Crippen LogP) is 0.234. The molecule has 0 spiro atoms. The summed E-state index contributed by atoms with van der Waals surface area (Å²) in [5.41, 5.74) is 2.35. The molecule has 0 aromatic carbocycles. The van der Waals surface area contributed by atoms with E-state index in [2.05, 4.69) is 39.5 Å². The maximum Gasteiger partial charge on any atom is 0.322 e. The number of nitrogens with two attached hydrogens (primary N) is 1. The van der Waals surface area contributed by atoms with Crippen molar-refractivity contribution in [2.24, 2.45) is 11.8 Å². The van der Waals surface area contributed by atoms with Gasteiger partial charge in [0, 0.05) is 6.54 Å². The molecule has 1 rings (SSSR count). The zero-order valence-corrected chi connectivity index (χ0v) is 9.11. The zero-order valence-electron chi connectivity index (χ0n) is 9.11. The number of hydrogen-bond acceptors (Lipinski definition) is 7. The van der Waals surface area contributed by atoms with Crippen LogP contribution in [-0.2, 0) is 0 Å². The lowest BCUT2D eigenvalue weighted by atomic mass is 10.2. The van der Waals surface area contributed by atoms with Crippen molar-refractivity contribution in [3.05, 3.63) is 0 Å². The van der Waals surface area contributed by atoms with Crippen molar-refractivity contribution in [1.29, 1.82) is 0 Å². The van der Waals surface area contributed by atoms with Gasteiger partial charge in [0.25, 0.3) is 0 Å². The Hall–Kier alpha value is -1.63. The number of anilines is 2. The van der Waals surface area contributed by atoms with Crippen LogP contribution in [0.2, 0.25) is 0 Å². The first-order valence-electron chi connectivity index (χ1n) is 4.66. The van der Waals surface area contributed by atoms with Crippen LogP contribution < -0.4 is 21.3 Å². The average Bonchev–Trinajstić information content (AvgIpc) is 2.25. The maximum absolute atomic E-state index is 5.21. The average molecular weight is 212 g/mol. The fraction of sp³-hybridized carbons (Fsp3) is 0.625. The van der Waals surface area contributed by atoms with Crippen molar-refractivity contribution in [2.45, 2.75) is 13.8 Å². The van der Waals surface area contributed by atoms with Gasteiger partial charge >= 0.3 is 6.01 Å². The van der Waals surface area contributed by atoms with E-state index in [0.29, 0.717) is 11.9 Å². The molecule has 1 aromatic heterocycles. The number of nitrogens with one attached hydrogen (secondary N) is 2. The molecule has 0 radical (unpaired) electrons. The summed E-state index contributed by atoms with van der Waals surface area (Å²) < 4.78 is 4.91. The third kappa shape index (κ3) is 3.55. The molecule has 0 aliphatic carbocycles. The molecule has 0 fully saturated rings. The highest BCUT2D eigenvalue weighted by Gasteiger charge is 2.05. The van der Waals surface area contributed by atoms with Crippen LogP contribution in [0.4, 0.5) is 11.9 Å². The van der Waals surface area contributed by atoms with Crippen molar-refractivity contribution in [2.75, 3.05) is 24.4 Å². The highest BCUT2D eigenvalue weighted by molar-refractivity contribution is 5.34. The number of hydrazine groups is 1. The minimum atomic E-state index is 0.226. The number of nitrogen functional groups attached to an aromatic ring is 1. The standard InChI is InChI=1S/C8H16N6O/c1-5(2)4-10-6-11-7(14-9)13-8(12-6)15-3/h5H,4,9H2,1-3H3,(H2,10,11,12,13,14). The smallest absolute Gasteiger partial charge is 0.322 e. The first-order valence-corrected chi connectivity index (χ1v) is 4.66. The highest BCUT2D eigenvalue weighted by atomic mass is 16.5. The van der Waals surface area contributed by atoms with E-state index in [1.54, 1.807) is 0 Å². The third-order valence-corrected chi connectivity index (χ3v) is 1.59. The molecule has 0 amide bonds. The van der Waals surface area contributed by atoms with Gasteiger partial charge in [-0.15, -0.1) is 0 Å². The molecular formula is C8H16N6O. The van der Waals surface area contributed by atoms with Gasteiger partial charge in [0.15, 0.2) is 0 Å². The summed E-state index contributed by atoms with van der Waals surface area (Å²) in [7, 11) is 1.49. The van der Waals surface area contributed by atoms with Gasteiger partial charge in [-0.05, 0) is 5.92 Å². The van der Waals surface area contributed by atoms with Crippen LogP contribution in [0.25, 0.3) is 0 Å². The normalized spacial score (nSPS) is 10.2. The van der Waals surface area contributed by atoms with Crippen LogP contribution in [0, 0.1) is 5.92 Å². The molecule has 0 aliphatic rings. The molecule has 1 aromatic rings. The second-order valence-electron chi connectivity index (χ2n) is 3.39. The lowest BCUT2D eigenvalue weighted by Crippen LogP contribution is -2.15. The fourth-order valence-corrected chi connectivity index (χ4v) is 0.887. The van der Waals surface area contributed by atoms with Gasteiger partial charge < -0.3 is 10.1 Å². The van der Waals surface area contributed by atoms with E-state index in [9.17, 15) is 0 Å². The monoisotopic (exact) mass is 212 g/mol. The van der Waals surface area contributed by atoms with E-state index in [0.717, 1.165) is 6.54 Å². The van der Waals surface area contributed by atoms with Crippen molar-refractivity contribution < 1.29 is 4.74 Å². The van der Waals surface area contributed by atoms with E-state index in [1.165, 1.54) is 7.11 Å². The molecule has 0 atom stereocenters. The highest BCUT2D eigenvalue weighted by Crippen LogP contribution is 2.09. The van der Waals surface area contributed by atoms with Gasteiger partial charge in [0.2, 0.25) is 11.9 Å². The number of aromatic nitrogens is 3. The van der Waals surface area contributed by atoms with Gasteiger partial charge in [0.1, 0.15) is 0 Å². The summed E-state index contributed by atoms with van der Waals surface area (Å²) in [6.45, 7) is 4.96. The second kappa shape index (κ2) is 5.30. The zero-order chi connectivity index (χ0) is 11.3. The Bertz CT molecular complexity index is 294. The van der Waals surface area contributed by atoms with E-state index >= 15 is 0 Å². The summed E-state index contributed by atoms with van der Waals surface area (Å²) in [6, 6.07) is 0.226. The van der Waals surface area contributed by atoms with Crippen LogP contribution in [0.5, 0.6) is 6.01 Å². The summed E-state index contributed by atoms with van der Waals surface area (Å²) >= 11 is 0. The number of hydrogen-bond donors (Lipinski definition) is 3. The van der Waals surface area contributed by atoms with E-state index in [-0.39, 0.29) is 12.0 Å². The number of ether oxygens (including phenoxy) is 1. The van der Waals surface area contributed by atoms with Crippen LogP contribution in [0.1, 0.15) is 13.8 Å². The first kappa shape index (κ1) is 11.4. The van der Waals surface area contributed by atoms with Crippen molar-refractivity contribution in [3.63, 3.8) is 0 Å². The molecule has 84 valence electrons. The molecule has 0 aliphatic heterocycles. The van der Waals surface area contributed by atoms with Crippen molar-refractivity contribution in [3.8, 4) is 6.01 Å². The van der Waals surface area contributed by atoms with E-state index in [1.807, 2.05) is 0 Å². The predicted molar refractivity (Wildman–Crippen MR) is 57.5 cm³/mol. The lowest BCUT2D eigenvalue weighted by Gasteiger charge is -2.09. The fourth-order valence-electron chi connectivity index (χ4n) is 0.887. The Morgan fingerprint density at radius 3 is 2.47 bits per heavy atom. The number of methoxy groups -OCH3 is 1. The van der Waals surface area contributed by atoms with Crippen molar-refractivity contribution >= 4 is 11.9 Å². The summed E-state index contributed by atoms with van der Waals surface area (Å²) in [6.07, 6.45) is 0. The van der Waals surface area contributed by atoms with Crippen LogP contribution >= 0.6 is 0 Å². The second-order valence-corrected chi connectivity index (χ2v) is 3.39. The Morgan fingerprint density at radius 1 is 1.27 bits per heavy atom. The topological polar surface area (TPSA) is 98.0 Å². The number of nitrogens with zero attached hydrogens (tertiary/aromatic N) is 3. The lowest BCUT2D eigenvalue weighted by molar-refractivity contribution is 0.379. The molecule has 0 unspecified atom stereocenters. The molecule has 4 N–H and O–H groups in total. The van der Waals surface area contributed by atoms with E-state index < -0.39 is 0 Å². The van der Waals surface area contributed by atoms with Gasteiger partial charge in [-0.1, -0.05) is 13.8 Å². The summed E-state index contributed by atoms with van der Waals surface area (Å²) in [5, 5.41) is 3.06. The Labute approximate surface area is 88.4 Å². The van der Waals surface area contributed by atoms with Crippen LogP contribution in [0.15, 0.2) is 0 Å². The third-order valence-electron chi connectivity index (χ3n) is 1.59. The first-order chi connectivity index (χ1) is 7.15. The SMILES string of the molecule is COc1nc(NN)nc(NCC(C)C)n1. The van der Waals surface area contributed by atoms with Crippen LogP contribution in [-0.4, -0.2) is 28.6 Å². The maximum atomic E-state index is 5.21. The molecule has 0 saturated carbocycles. The summed E-state index contributed by atoms with van der Waals surface area (Å²) in [5.74, 6) is 6.43. The molecular weight excluding hydrogens is 196 g/mol. The van der Waals surface area contributed by atoms with Gasteiger partial charge in [0.05, 0.1) is 7.11 Å². The minimum absolute atomic E-state index is 0.226. The molecule has 15 heavy (non-hydrogen) atoms. The van der Waals surface area contributed by atoms with Crippen LogP contribution in [0.3, 0.4) is 0 Å². The van der Waals surface area contributed by atoms with Gasteiger partial charge in [-0.3, -0.25) is 5.43 Å². The van der Waals surface area contributed by atoms with Gasteiger partial charge in [-0.25, -0.2) is 5.84 Å². The Kier molecular flexibility index (Phi) is 4.04. The molecule has 0 saturated heterocycles. The molecule has 0 bridgehead atoms. The van der Waals surface area contributed by atoms with Crippen molar-refractivity contribution in [1.82, 2.24) is 15.0 Å². The molecule has 7 heteroatoms. The van der Waals surface area contributed by atoms with Gasteiger partial charge in [-0.2, -0.15) is 15.0 Å². The Morgan fingerprint density at radius 2 is 1.93 bits per heavy atom. The Balaban J connectivity index is 2.77. The largest absolute Gasteiger partial charge is 0.467 e. The summed E-state index contributed by atoms with van der Waals surface area (Å²) in [4.78, 5) is 11.9. The van der Waals surface area contributed by atoms with E-state index in [4.69, 9.17) is 10.6 Å². The quantitative estimate of drug-likeness (QED) is 0.475. The minimum Gasteiger partial charge on any atom is -0.467 e. The molecule has 7 nitrogen and oxygen atoms in total. The molecule has 1 heterocycles. The number of rotatable bonds is 5.